The predicted octanol–water partition coefficient (Wildman–Crippen LogP) is 4.47. The average Bonchev–Trinajstić information content (AvgIpc) is 2.36. The molecule has 0 aromatic heterocycles. The zero-order chi connectivity index (χ0) is 12.7. The summed E-state index contributed by atoms with van der Waals surface area (Å²) in [6.07, 6.45) is 5.20. The number of hydrogen-bond acceptors (Lipinski definition) is 1. The molecule has 17 heavy (non-hydrogen) atoms. The Morgan fingerprint density at radius 3 is 2.41 bits per heavy atom. The highest BCUT2D eigenvalue weighted by Crippen LogP contribution is 2.30. The van der Waals surface area contributed by atoms with Gasteiger partial charge in [0.05, 0.1) is 0 Å². The molecule has 1 aromatic carbocycles. The molecule has 1 rings (SSSR count). The summed E-state index contributed by atoms with van der Waals surface area (Å²) in [5.74, 6) is 0.751. The molecule has 1 aromatic rings. The van der Waals surface area contributed by atoms with E-state index in [0.717, 1.165) is 5.92 Å². The third-order valence-corrected chi connectivity index (χ3v) is 3.76. The van der Waals surface area contributed by atoms with Crippen LogP contribution in [0.2, 0.25) is 0 Å². The first-order valence-corrected chi connectivity index (χ1v) is 6.97. The number of nitrogens with one attached hydrogen (secondary N) is 1. The van der Waals surface area contributed by atoms with Crippen molar-refractivity contribution in [2.75, 3.05) is 7.05 Å². The standard InChI is InChI=1S/C16H27N/c1-5-7-11-14(6-2)16(17-4)15-12-9-8-10-13(15)3/h8-10,12,14,16-17H,5-7,11H2,1-4H3. The van der Waals surface area contributed by atoms with Crippen molar-refractivity contribution in [2.24, 2.45) is 5.92 Å². The van der Waals surface area contributed by atoms with Gasteiger partial charge >= 0.3 is 0 Å². The van der Waals surface area contributed by atoms with Gasteiger partial charge in [-0.3, -0.25) is 0 Å². The minimum atomic E-state index is 0.507. The lowest BCUT2D eigenvalue weighted by Gasteiger charge is -2.27. The molecule has 0 aliphatic carbocycles. The van der Waals surface area contributed by atoms with E-state index in [1.807, 2.05) is 0 Å². The van der Waals surface area contributed by atoms with Crippen LogP contribution in [0.25, 0.3) is 0 Å². The van der Waals surface area contributed by atoms with E-state index in [-0.39, 0.29) is 0 Å². The van der Waals surface area contributed by atoms with Crippen LogP contribution in [-0.2, 0) is 0 Å². The molecule has 96 valence electrons. The van der Waals surface area contributed by atoms with E-state index in [9.17, 15) is 0 Å². The molecule has 0 heterocycles. The zero-order valence-corrected chi connectivity index (χ0v) is 11.8. The second-order valence-corrected chi connectivity index (χ2v) is 4.93. The summed E-state index contributed by atoms with van der Waals surface area (Å²) >= 11 is 0. The Kier molecular flexibility index (Phi) is 6.28. The zero-order valence-electron chi connectivity index (χ0n) is 11.8. The van der Waals surface area contributed by atoms with Gasteiger partial charge in [0.25, 0.3) is 0 Å². The highest BCUT2D eigenvalue weighted by molar-refractivity contribution is 5.29. The highest BCUT2D eigenvalue weighted by Gasteiger charge is 2.20. The van der Waals surface area contributed by atoms with Crippen LogP contribution >= 0.6 is 0 Å². The fourth-order valence-electron chi connectivity index (χ4n) is 2.65. The van der Waals surface area contributed by atoms with Crippen LogP contribution in [0.5, 0.6) is 0 Å². The van der Waals surface area contributed by atoms with Gasteiger partial charge in [0, 0.05) is 6.04 Å². The van der Waals surface area contributed by atoms with Gasteiger partial charge < -0.3 is 5.32 Å². The Hall–Kier alpha value is -0.820. The van der Waals surface area contributed by atoms with Crippen molar-refractivity contribution < 1.29 is 0 Å². The number of hydrogen-bond donors (Lipinski definition) is 1. The van der Waals surface area contributed by atoms with E-state index < -0.39 is 0 Å². The van der Waals surface area contributed by atoms with Crippen LogP contribution < -0.4 is 5.32 Å². The van der Waals surface area contributed by atoms with Gasteiger partial charge in [0.15, 0.2) is 0 Å². The summed E-state index contributed by atoms with van der Waals surface area (Å²) in [6, 6.07) is 9.27. The summed E-state index contributed by atoms with van der Waals surface area (Å²) < 4.78 is 0. The maximum Gasteiger partial charge on any atom is 0.0348 e. The summed E-state index contributed by atoms with van der Waals surface area (Å²) in [6.45, 7) is 6.80. The maximum absolute atomic E-state index is 3.52. The third-order valence-electron chi connectivity index (χ3n) is 3.76. The molecule has 0 saturated heterocycles. The van der Waals surface area contributed by atoms with Gasteiger partial charge in [-0.2, -0.15) is 0 Å². The normalized spacial score (nSPS) is 14.6. The number of aryl methyl sites for hydroxylation is 1. The minimum Gasteiger partial charge on any atom is -0.313 e. The SMILES string of the molecule is CCCCC(CC)C(NC)c1ccccc1C. The quantitative estimate of drug-likeness (QED) is 0.732. The Morgan fingerprint density at radius 1 is 1.18 bits per heavy atom. The maximum atomic E-state index is 3.52. The molecule has 0 fully saturated rings. The molecule has 0 spiro atoms. The third kappa shape index (κ3) is 3.85. The van der Waals surface area contributed by atoms with Crippen molar-refractivity contribution >= 4 is 0 Å². The van der Waals surface area contributed by atoms with Gasteiger partial charge in [0.2, 0.25) is 0 Å². The van der Waals surface area contributed by atoms with Gasteiger partial charge in [-0.05, 0) is 37.4 Å². The van der Waals surface area contributed by atoms with E-state index in [2.05, 4.69) is 57.4 Å². The molecule has 0 amide bonds. The summed E-state index contributed by atoms with van der Waals surface area (Å²) in [5, 5.41) is 3.52. The topological polar surface area (TPSA) is 12.0 Å². The molecule has 0 aliphatic heterocycles. The van der Waals surface area contributed by atoms with Gasteiger partial charge in [-0.1, -0.05) is 57.4 Å². The second kappa shape index (κ2) is 7.50. The molecule has 0 radical (unpaired) electrons. The number of benzene rings is 1. The fourth-order valence-corrected chi connectivity index (χ4v) is 2.65. The molecular formula is C16H27N. The van der Waals surface area contributed by atoms with E-state index in [4.69, 9.17) is 0 Å². The van der Waals surface area contributed by atoms with E-state index in [0.29, 0.717) is 6.04 Å². The van der Waals surface area contributed by atoms with Crippen LogP contribution in [-0.4, -0.2) is 7.05 Å². The Bertz CT molecular complexity index is 319. The smallest absolute Gasteiger partial charge is 0.0348 e. The largest absolute Gasteiger partial charge is 0.313 e. The number of unbranched alkanes of at least 4 members (excludes halogenated alkanes) is 1. The summed E-state index contributed by atoms with van der Waals surface area (Å²) in [5.41, 5.74) is 2.87. The van der Waals surface area contributed by atoms with Crippen LogP contribution in [0.1, 0.15) is 56.7 Å². The molecular weight excluding hydrogens is 206 g/mol. The van der Waals surface area contributed by atoms with Crippen molar-refractivity contribution in [2.45, 2.75) is 52.5 Å². The first-order chi connectivity index (χ1) is 8.24. The lowest BCUT2D eigenvalue weighted by atomic mass is 9.85. The van der Waals surface area contributed by atoms with E-state index in [1.54, 1.807) is 0 Å². The molecule has 2 atom stereocenters. The minimum absolute atomic E-state index is 0.507. The summed E-state index contributed by atoms with van der Waals surface area (Å²) in [4.78, 5) is 0. The average molecular weight is 233 g/mol. The summed E-state index contributed by atoms with van der Waals surface area (Å²) in [7, 11) is 2.09. The lowest BCUT2D eigenvalue weighted by Crippen LogP contribution is -2.25. The Labute approximate surface area is 107 Å². The van der Waals surface area contributed by atoms with Gasteiger partial charge in [-0.15, -0.1) is 0 Å². The Balaban J connectivity index is 2.85. The molecule has 2 unspecified atom stereocenters. The monoisotopic (exact) mass is 233 g/mol. The lowest BCUT2D eigenvalue weighted by molar-refractivity contribution is 0.338. The van der Waals surface area contributed by atoms with E-state index in [1.165, 1.54) is 36.8 Å². The van der Waals surface area contributed by atoms with Crippen LogP contribution in [0.4, 0.5) is 0 Å². The molecule has 0 aliphatic rings. The molecule has 0 saturated carbocycles. The number of rotatable bonds is 7. The highest BCUT2D eigenvalue weighted by atomic mass is 14.9. The van der Waals surface area contributed by atoms with Crippen molar-refractivity contribution in [1.82, 2.24) is 5.32 Å². The van der Waals surface area contributed by atoms with E-state index >= 15 is 0 Å². The van der Waals surface area contributed by atoms with Crippen LogP contribution in [0.15, 0.2) is 24.3 Å². The van der Waals surface area contributed by atoms with Crippen molar-refractivity contribution in [1.29, 1.82) is 0 Å². The van der Waals surface area contributed by atoms with Gasteiger partial charge in [0.1, 0.15) is 0 Å². The molecule has 1 N–H and O–H groups in total. The van der Waals surface area contributed by atoms with Crippen LogP contribution in [0.3, 0.4) is 0 Å². The van der Waals surface area contributed by atoms with Crippen molar-refractivity contribution in [3.05, 3.63) is 35.4 Å². The first kappa shape index (κ1) is 14.2. The molecule has 1 nitrogen and oxygen atoms in total. The Morgan fingerprint density at radius 2 is 1.88 bits per heavy atom. The van der Waals surface area contributed by atoms with Crippen LogP contribution in [0, 0.1) is 12.8 Å². The first-order valence-electron chi connectivity index (χ1n) is 6.97. The molecule has 0 bridgehead atoms. The van der Waals surface area contributed by atoms with Crippen molar-refractivity contribution in [3.63, 3.8) is 0 Å². The predicted molar refractivity (Wildman–Crippen MR) is 76.3 cm³/mol. The van der Waals surface area contributed by atoms with Gasteiger partial charge in [-0.25, -0.2) is 0 Å². The second-order valence-electron chi connectivity index (χ2n) is 4.93. The fraction of sp³-hybridized carbons (Fsp3) is 0.625. The van der Waals surface area contributed by atoms with Crippen molar-refractivity contribution in [3.8, 4) is 0 Å². The molecule has 1 heteroatoms.